The maximum atomic E-state index is 13.2. The molecule has 29 heavy (non-hydrogen) atoms. The molecule has 0 spiro atoms. The fraction of sp³-hybridized carbons (Fsp3) is 0.333. The predicted molar refractivity (Wildman–Crippen MR) is 110 cm³/mol. The van der Waals surface area contributed by atoms with Gasteiger partial charge in [-0.25, -0.2) is 15.0 Å². The standard InChI is InChI=1S/C21H22N6O2/c1-13-5-3-6-15-14(2)18(29-17(13)15)21(28)27-8-4-7-26(9-10-27)20-16-19(23-11-22-16)24-12-25-20/h3,5-6,11-12H,4,7-10H2,1-2H3,(H,22,23,24,25). The molecule has 1 fully saturated rings. The predicted octanol–water partition coefficient (Wildman–Crippen LogP) is 3.07. The van der Waals surface area contributed by atoms with Crippen LogP contribution in [0.5, 0.6) is 0 Å². The van der Waals surface area contributed by atoms with E-state index in [2.05, 4.69) is 24.8 Å². The van der Waals surface area contributed by atoms with Crippen molar-refractivity contribution < 1.29 is 9.21 Å². The Balaban J connectivity index is 1.40. The second kappa shape index (κ2) is 6.88. The largest absolute Gasteiger partial charge is 0.450 e. The molecule has 0 atom stereocenters. The molecule has 8 heteroatoms. The van der Waals surface area contributed by atoms with Gasteiger partial charge in [0.05, 0.1) is 6.33 Å². The minimum Gasteiger partial charge on any atom is -0.450 e. The van der Waals surface area contributed by atoms with E-state index in [1.54, 1.807) is 6.33 Å². The van der Waals surface area contributed by atoms with Crippen molar-refractivity contribution in [3.05, 3.63) is 47.7 Å². The van der Waals surface area contributed by atoms with Crippen molar-refractivity contribution in [2.45, 2.75) is 20.3 Å². The molecule has 1 aliphatic rings. The first-order chi connectivity index (χ1) is 14.1. The maximum absolute atomic E-state index is 13.2. The van der Waals surface area contributed by atoms with Crippen molar-refractivity contribution in [1.82, 2.24) is 24.8 Å². The molecular weight excluding hydrogens is 368 g/mol. The first-order valence-corrected chi connectivity index (χ1v) is 9.80. The SMILES string of the molecule is Cc1c(C(=O)N2CCCN(c3ncnc4nc[nH]c34)CC2)oc2c(C)cccc12. The van der Waals surface area contributed by atoms with E-state index < -0.39 is 0 Å². The van der Waals surface area contributed by atoms with Crippen molar-refractivity contribution in [1.29, 1.82) is 0 Å². The number of aromatic amines is 1. The molecule has 0 aliphatic carbocycles. The third-order valence-electron chi connectivity index (χ3n) is 5.64. The number of nitrogens with zero attached hydrogens (tertiary/aromatic N) is 5. The first-order valence-electron chi connectivity index (χ1n) is 9.80. The summed E-state index contributed by atoms with van der Waals surface area (Å²) >= 11 is 0. The molecule has 0 bridgehead atoms. The number of furan rings is 1. The van der Waals surface area contributed by atoms with Crippen LogP contribution in [0.4, 0.5) is 5.82 Å². The third-order valence-corrected chi connectivity index (χ3v) is 5.64. The van der Waals surface area contributed by atoms with E-state index in [-0.39, 0.29) is 5.91 Å². The number of imidazole rings is 1. The zero-order chi connectivity index (χ0) is 20.0. The maximum Gasteiger partial charge on any atom is 0.289 e. The number of amides is 1. The number of carbonyl (C=O) groups excluding carboxylic acids is 1. The number of H-pyrrole nitrogens is 1. The van der Waals surface area contributed by atoms with Gasteiger partial charge in [-0.1, -0.05) is 18.2 Å². The molecule has 148 valence electrons. The van der Waals surface area contributed by atoms with Crippen LogP contribution in [0.25, 0.3) is 22.1 Å². The van der Waals surface area contributed by atoms with Crippen molar-refractivity contribution in [2.24, 2.45) is 0 Å². The second-order valence-electron chi connectivity index (χ2n) is 7.44. The highest BCUT2D eigenvalue weighted by Crippen LogP contribution is 2.29. The first kappa shape index (κ1) is 17.7. The number of aromatic nitrogens is 4. The van der Waals surface area contributed by atoms with Gasteiger partial charge < -0.3 is 19.2 Å². The van der Waals surface area contributed by atoms with Gasteiger partial charge in [-0.15, -0.1) is 0 Å². The number of hydrogen-bond donors (Lipinski definition) is 1. The third kappa shape index (κ3) is 2.91. The van der Waals surface area contributed by atoms with Gasteiger partial charge in [0.15, 0.2) is 17.2 Å². The smallest absolute Gasteiger partial charge is 0.289 e. The number of aryl methyl sites for hydroxylation is 2. The van der Waals surface area contributed by atoms with Crippen molar-refractivity contribution >= 4 is 33.9 Å². The van der Waals surface area contributed by atoms with E-state index in [0.29, 0.717) is 31.0 Å². The molecule has 4 heterocycles. The molecule has 0 radical (unpaired) electrons. The average Bonchev–Trinajstić information content (AvgIpc) is 3.25. The van der Waals surface area contributed by atoms with Gasteiger partial charge in [0, 0.05) is 37.1 Å². The molecular formula is C21H22N6O2. The molecule has 5 rings (SSSR count). The van der Waals surface area contributed by atoms with E-state index in [9.17, 15) is 4.79 Å². The van der Waals surface area contributed by atoms with E-state index in [1.807, 2.05) is 36.9 Å². The lowest BCUT2D eigenvalue weighted by molar-refractivity contribution is 0.0736. The average molecular weight is 390 g/mol. The lowest BCUT2D eigenvalue weighted by Crippen LogP contribution is -2.35. The zero-order valence-electron chi connectivity index (χ0n) is 16.5. The number of benzene rings is 1. The number of hydrogen-bond acceptors (Lipinski definition) is 6. The van der Waals surface area contributed by atoms with Gasteiger partial charge in [0.2, 0.25) is 0 Å². The minimum absolute atomic E-state index is 0.0469. The Morgan fingerprint density at radius 2 is 2.00 bits per heavy atom. The van der Waals surface area contributed by atoms with Crippen LogP contribution < -0.4 is 4.90 Å². The number of carbonyl (C=O) groups is 1. The quantitative estimate of drug-likeness (QED) is 0.566. The highest BCUT2D eigenvalue weighted by Gasteiger charge is 2.26. The Labute approximate surface area is 167 Å². The summed E-state index contributed by atoms with van der Waals surface area (Å²) in [7, 11) is 0. The number of rotatable bonds is 2. The fourth-order valence-electron chi connectivity index (χ4n) is 4.06. The van der Waals surface area contributed by atoms with Gasteiger partial charge in [0.25, 0.3) is 5.91 Å². The Kier molecular flexibility index (Phi) is 4.19. The van der Waals surface area contributed by atoms with Crippen LogP contribution in [0.3, 0.4) is 0 Å². The van der Waals surface area contributed by atoms with E-state index in [0.717, 1.165) is 46.4 Å². The summed E-state index contributed by atoms with van der Waals surface area (Å²) < 4.78 is 6.01. The van der Waals surface area contributed by atoms with Crippen LogP contribution >= 0.6 is 0 Å². The molecule has 1 saturated heterocycles. The summed E-state index contributed by atoms with van der Waals surface area (Å²) in [6.45, 7) is 6.75. The fourth-order valence-corrected chi connectivity index (χ4v) is 4.06. The summed E-state index contributed by atoms with van der Waals surface area (Å²) in [4.78, 5) is 33.3. The second-order valence-corrected chi connectivity index (χ2v) is 7.44. The lowest BCUT2D eigenvalue weighted by Gasteiger charge is -2.22. The Morgan fingerprint density at radius 3 is 2.86 bits per heavy atom. The molecule has 0 saturated carbocycles. The number of fused-ring (bicyclic) bond motifs is 2. The molecule has 8 nitrogen and oxygen atoms in total. The minimum atomic E-state index is -0.0469. The number of para-hydroxylation sites is 1. The summed E-state index contributed by atoms with van der Waals surface area (Å²) in [5.41, 5.74) is 4.23. The van der Waals surface area contributed by atoms with Crippen LogP contribution in [-0.2, 0) is 0 Å². The monoisotopic (exact) mass is 390 g/mol. The van der Waals surface area contributed by atoms with Gasteiger partial charge in [-0.3, -0.25) is 4.79 Å². The summed E-state index contributed by atoms with van der Waals surface area (Å²) in [5, 5.41) is 1.01. The Bertz CT molecular complexity index is 1210. The van der Waals surface area contributed by atoms with Gasteiger partial charge in [-0.2, -0.15) is 0 Å². The lowest BCUT2D eigenvalue weighted by atomic mass is 10.1. The zero-order valence-corrected chi connectivity index (χ0v) is 16.5. The van der Waals surface area contributed by atoms with Crippen LogP contribution in [0.2, 0.25) is 0 Å². The molecule has 1 aliphatic heterocycles. The topological polar surface area (TPSA) is 91.2 Å². The Morgan fingerprint density at radius 1 is 1.10 bits per heavy atom. The highest BCUT2D eigenvalue weighted by atomic mass is 16.3. The molecule has 1 amide bonds. The highest BCUT2D eigenvalue weighted by molar-refractivity contribution is 5.99. The molecule has 4 aromatic rings. The van der Waals surface area contributed by atoms with E-state index in [4.69, 9.17) is 4.42 Å². The van der Waals surface area contributed by atoms with Crippen molar-refractivity contribution in [3.8, 4) is 0 Å². The Hall–Kier alpha value is -3.42. The molecule has 0 unspecified atom stereocenters. The summed E-state index contributed by atoms with van der Waals surface area (Å²) in [5.74, 6) is 1.23. The van der Waals surface area contributed by atoms with Gasteiger partial charge in [-0.05, 0) is 25.8 Å². The van der Waals surface area contributed by atoms with Crippen LogP contribution in [0, 0.1) is 13.8 Å². The van der Waals surface area contributed by atoms with Crippen LogP contribution in [-0.4, -0.2) is 56.9 Å². The van der Waals surface area contributed by atoms with Gasteiger partial charge in [0.1, 0.15) is 17.4 Å². The number of anilines is 1. The molecule has 1 aromatic carbocycles. The van der Waals surface area contributed by atoms with E-state index in [1.165, 1.54) is 6.33 Å². The van der Waals surface area contributed by atoms with E-state index >= 15 is 0 Å². The van der Waals surface area contributed by atoms with Gasteiger partial charge >= 0.3 is 0 Å². The number of nitrogens with one attached hydrogen (secondary N) is 1. The summed E-state index contributed by atoms with van der Waals surface area (Å²) in [6.07, 6.45) is 4.01. The normalized spacial score (nSPS) is 15.2. The van der Waals surface area contributed by atoms with Crippen LogP contribution in [0.1, 0.15) is 28.1 Å². The molecule has 1 N–H and O–H groups in total. The van der Waals surface area contributed by atoms with Crippen molar-refractivity contribution in [2.75, 3.05) is 31.1 Å². The van der Waals surface area contributed by atoms with Crippen molar-refractivity contribution in [3.63, 3.8) is 0 Å². The summed E-state index contributed by atoms with van der Waals surface area (Å²) in [6, 6.07) is 6.00. The molecule has 3 aromatic heterocycles. The van der Waals surface area contributed by atoms with Crippen LogP contribution in [0.15, 0.2) is 35.3 Å².